The van der Waals surface area contributed by atoms with Crippen LogP contribution in [0.4, 0.5) is 5.69 Å². The summed E-state index contributed by atoms with van der Waals surface area (Å²) in [5.41, 5.74) is 3.60. The molecule has 4 nitrogen and oxygen atoms in total. The van der Waals surface area contributed by atoms with Crippen LogP contribution in [0.1, 0.15) is 23.6 Å². The average Bonchev–Trinajstić information content (AvgIpc) is 2.86. The summed E-state index contributed by atoms with van der Waals surface area (Å²) >= 11 is 0. The Bertz CT molecular complexity index is 1360. The smallest absolute Gasteiger partial charge is 0.266 e. The Morgan fingerprint density at radius 2 is 1.67 bits per heavy atom. The molecule has 0 aliphatic carbocycles. The van der Waals surface area contributed by atoms with Crippen molar-refractivity contribution in [2.45, 2.75) is 20.0 Å². The molecule has 4 rings (SSSR count). The molecule has 4 heteroatoms. The fourth-order valence-electron chi connectivity index (χ4n) is 3.73. The Morgan fingerprint density at radius 1 is 0.939 bits per heavy atom. The van der Waals surface area contributed by atoms with E-state index in [1.165, 1.54) is 5.39 Å². The molecule has 0 atom stereocenters. The molecule has 1 amide bonds. The molecular weight excluding hydrogens is 408 g/mol. The first-order valence-corrected chi connectivity index (χ1v) is 10.9. The maximum absolute atomic E-state index is 12.7. The van der Waals surface area contributed by atoms with Gasteiger partial charge in [0, 0.05) is 5.69 Å². The molecule has 162 valence electrons. The van der Waals surface area contributed by atoms with Gasteiger partial charge in [-0.2, -0.15) is 5.26 Å². The highest BCUT2D eigenvalue weighted by Gasteiger charge is 2.11. The fraction of sp³-hybridized carbons (Fsp3) is 0.103. The van der Waals surface area contributed by atoms with E-state index >= 15 is 0 Å². The van der Waals surface area contributed by atoms with E-state index in [9.17, 15) is 10.1 Å². The van der Waals surface area contributed by atoms with Gasteiger partial charge in [-0.15, -0.1) is 0 Å². The van der Waals surface area contributed by atoms with Crippen LogP contribution >= 0.6 is 0 Å². The Labute approximate surface area is 193 Å². The van der Waals surface area contributed by atoms with Crippen LogP contribution in [0.5, 0.6) is 5.75 Å². The summed E-state index contributed by atoms with van der Waals surface area (Å²) in [5.74, 6) is 0.242. The Hall–Kier alpha value is -4.36. The number of benzene rings is 4. The monoisotopic (exact) mass is 432 g/mol. The molecule has 0 radical (unpaired) electrons. The molecule has 0 bridgehead atoms. The largest absolute Gasteiger partial charge is 0.489 e. The standard InChI is InChI=1S/C29H24N2O2/c1-2-22-10-4-6-16-28(22)31-29(32)25(19-30)17-21-9-7-14-26(18-21)33-20-24-13-8-12-23-11-3-5-15-27(23)24/h3-18H,2,20H2,1H3,(H,31,32)/b25-17-. The van der Waals surface area contributed by atoms with E-state index in [-0.39, 0.29) is 5.57 Å². The van der Waals surface area contributed by atoms with Crippen LogP contribution in [0.15, 0.2) is 96.6 Å². The molecule has 1 N–H and O–H groups in total. The maximum atomic E-state index is 12.7. The first-order chi connectivity index (χ1) is 16.2. The molecule has 4 aromatic carbocycles. The van der Waals surface area contributed by atoms with Gasteiger partial charge in [0.2, 0.25) is 0 Å². The lowest BCUT2D eigenvalue weighted by Crippen LogP contribution is -2.14. The van der Waals surface area contributed by atoms with Crippen LogP contribution < -0.4 is 10.1 Å². The zero-order valence-corrected chi connectivity index (χ0v) is 18.4. The third kappa shape index (κ3) is 5.28. The third-order valence-electron chi connectivity index (χ3n) is 5.45. The number of nitrogens with zero attached hydrogens (tertiary/aromatic N) is 1. The van der Waals surface area contributed by atoms with Crippen molar-refractivity contribution in [3.05, 3.63) is 113 Å². The summed E-state index contributed by atoms with van der Waals surface area (Å²) in [5, 5.41) is 14.8. The molecule has 0 aliphatic heterocycles. The van der Waals surface area contributed by atoms with Gasteiger partial charge in [0.15, 0.2) is 0 Å². The van der Waals surface area contributed by atoms with Crippen LogP contribution in [0.3, 0.4) is 0 Å². The molecule has 0 unspecified atom stereocenters. The quantitative estimate of drug-likeness (QED) is 0.267. The topological polar surface area (TPSA) is 62.1 Å². The minimum atomic E-state index is -0.430. The number of hydrogen-bond donors (Lipinski definition) is 1. The molecule has 0 spiro atoms. The summed E-state index contributed by atoms with van der Waals surface area (Å²) in [6.45, 7) is 2.45. The molecule has 33 heavy (non-hydrogen) atoms. The number of carbonyl (C=O) groups excluding carboxylic acids is 1. The highest BCUT2D eigenvalue weighted by Crippen LogP contribution is 2.22. The highest BCUT2D eigenvalue weighted by molar-refractivity contribution is 6.10. The van der Waals surface area contributed by atoms with E-state index in [4.69, 9.17) is 4.74 Å². The van der Waals surface area contributed by atoms with Gasteiger partial charge < -0.3 is 10.1 Å². The highest BCUT2D eigenvalue weighted by atomic mass is 16.5. The van der Waals surface area contributed by atoms with Gasteiger partial charge in [-0.3, -0.25) is 4.79 Å². The second-order valence-corrected chi connectivity index (χ2v) is 7.63. The van der Waals surface area contributed by atoms with Crippen molar-refractivity contribution in [1.82, 2.24) is 0 Å². The normalized spacial score (nSPS) is 11.1. The zero-order valence-electron chi connectivity index (χ0n) is 18.4. The average molecular weight is 433 g/mol. The van der Waals surface area contributed by atoms with Crippen molar-refractivity contribution in [3.8, 4) is 11.8 Å². The maximum Gasteiger partial charge on any atom is 0.266 e. The number of nitrogens with one attached hydrogen (secondary N) is 1. The summed E-state index contributed by atoms with van der Waals surface area (Å²) in [7, 11) is 0. The lowest BCUT2D eigenvalue weighted by atomic mass is 10.1. The van der Waals surface area contributed by atoms with Gasteiger partial charge in [0.25, 0.3) is 5.91 Å². The SMILES string of the molecule is CCc1ccccc1NC(=O)/C(C#N)=C\c1cccc(OCc2cccc3ccccc23)c1. The van der Waals surface area contributed by atoms with Crippen molar-refractivity contribution >= 4 is 28.4 Å². The molecule has 0 heterocycles. The molecular formula is C29H24N2O2. The summed E-state index contributed by atoms with van der Waals surface area (Å²) in [6.07, 6.45) is 2.37. The minimum Gasteiger partial charge on any atom is -0.489 e. The van der Waals surface area contributed by atoms with Crippen LogP contribution in [-0.4, -0.2) is 5.91 Å². The first kappa shape index (κ1) is 21.9. The van der Waals surface area contributed by atoms with E-state index in [1.807, 2.05) is 79.7 Å². The number of ether oxygens (including phenoxy) is 1. The number of fused-ring (bicyclic) bond motifs is 1. The van der Waals surface area contributed by atoms with Crippen molar-refractivity contribution < 1.29 is 9.53 Å². The van der Waals surface area contributed by atoms with Gasteiger partial charge in [-0.1, -0.05) is 79.7 Å². The molecule has 0 fully saturated rings. The predicted octanol–water partition coefficient (Wildman–Crippen LogP) is 6.53. The number of rotatable bonds is 7. The van der Waals surface area contributed by atoms with Gasteiger partial charge in [-0.05, 0) is 58.2 Å². The number of nitriles is 1. The molecule has 0 aliphatic rings. The van der Waals surface area contributed by atoms with Crippen LogP contribution in [0.2, 0.25) is 0 Å². The van der Waals surface area contributed by atoms with Crippen LogP contribution in [-0.2, 0) is 17.8 Å². The van der Waals surface area contributed by atoms with Gasteiger partial charge >= 0.3 is 0 Å². The number of para-hydroxylation sites is 1. The van der Waals surface area contributed by atoms with Crippen molar-refractivity contribution in [2.75, 3.05) is 5.32 Å². The van der Waals surface area contributed by atoms with E-state index in [2.05, 4.69) is 29.6 Å². The number of anilines is 1. The van der Waals surface area contributed by atoms with Crippen LogP contribution in [0.25, 0.3) is 16.8 Å². The van der Waals surface area contributed by atoms with Gasteiger partial charge in [0.1, 0.15) is 24.0 Å². The zero-order chi connectivity index (χ0) is 23.0. The summed E-state index contributed by atoms with van der Waals surface area (Å²) in [6, 6.07) is 31.4. The van der Waals surface area contributed by atoms with Crippen molar-refractivity contribution in [3.63, 3.8) is 0 Å². The second kappa shape index (κ2) is 10.3. The van der Waals surface area contributed by atoms with Crippen molar-refractivity contribution in [1.29, 1.82) is 5.26 Å². The molecule has 0 aromatic heterocycles. The van der Waals surface area contributed by atoms with Gasteiger partial charge in [-0.25, -0.2) is 0 Å². The number of hydrogen-bond acceptors (Lipinski definition) is 3. The second-order valence-electron chi connectivity index (χ2n) is 7.63. The number of aryl methyl sites for hydroxylation is 1. The predicted molar refractivity (Wildman–Crippen MR) is 133 cm³/mol. The minimum absolute atomic E-state index is 0.0344. The van der Waals surface area contributed by atoms with E-state index < -0.39 is 5.91 Å². The number of carbonyl (C=O) groups is 1. The Morgan fingerprint density at radius 3 is 2.52 bits per heavy atom. The van der Waals surface area contributed by atoms with Gasteiger partial charge in [0.05, 0.1) is 0 Å². The van der Waals surface area contributed by atoms with E-state index in [0.29, 0.717) is 12.4 Å². The number of amides is 1. The van der Waals surface area contributed by atoms with E-state index in [1.54, 1.807) is 6.08 Å². The van der Waals surface area contributed by atoms with Crippen LogP contribution in [0, 0.1) is 11.3 Å². The van der Waals surface area contributed by atoms with Crippen molar-refractivity contribution in [2.24, 2.45) is 0 Å². The molecule has 0 saturated heterocycles. The fourth-order valence-corrected chi connectivity index (χ4v) is 3.73. The summed E-state index contributed by atoms with van der Waals surface area (Å²) < 4.78 is 6.03. The lowest BCUT2D eigenvalue weighted by Gasteiger charge is -2.10. The summed E-state index contributed by atoms with van der Waals surface area (Å²) in [4.78, 5) is 12.7. The molecule has 0 saturated carbocycles. The first-order valence-electron chi connectivity index (χ1n) is 10.9. The Kier molecular flexibility index (Phi) is 6.82. The third-order valence-corrected chi connectivity index (χ3v) is 5.45. The van der Waals surface area contributed by atoms with E-state index in [0.717, 1.165) is 34.2 Å². The molecule has 4 aromatic rings. The Balaban J connectivity index is 1.50. The lowest BCUT2D eigenvalue weighted by molar-refractivity contribution is -0.112.